The first-order chi connectivity index (χ1) is 15.1. The normalized spacial score (nSPS) is 19.5. The Labute approximate surface area is 186 Å². The standard InChI is InChI=1S/C23H23ClN6O/c24-21-18(10-25)17-6-9-30(13-19(17)22(28-21)29-23(14-26)7-8-23)12-15-4-5-20(27-11-15)31-16-2-1-3-16/h4-5,11,16H,1-3,6-9,12-13H2,(H,28,29). The predicted molar refractivity (Wildman–Crippen MR) is 115 cm³/mol. The molecule has 2 aromatic heterocycles. The van der Waals surface area contributed by atoms with Crippen molar-refractivity contribution in [1.82, 2.24) is 14.9 Å². The van der Waals surface area contributed by atoms with Crippen molar-refractivity contribution in [3.05, 3.63) is 45.7 Å². The van der Waals surface area contributed by atoms with E-state index in [0.717, 1.165) is 55.5 Å². The van der Waals surface area contributed by atoms with Gasteiger partial charge in [0.15, 0.2) is 0 Å². The summed E-state index contributed by atoms with van der Waals surface area (Å²) in [6.07, 6.45) is 7.96. The first-order valence-electron chi connectivity index (χ1n) is 10.7. The zero-order valence-corrected chi connectivity index (χ0v) is 18.0. The van der Waals surface area contributed by atoms with Crippen LogP contribution >= 0.6 is 11.6 Å². The minimum absolute atomic E-state index is 0.206. The lowest BCUT2D eigenvalue weighted by Crippen LogP contribution is -2.33. The number of halogens is 1. The zero-order valence-electron chi connectivity index (χ0n) is 17.2. The summed E-state index contributed by atoms with van der Waals surface area (Å²) < 4.78 is 5.85. The third-order valence-corrected chi connectivity index (χ3v) is 6.68. The van der Waals surface area contributed by atoms with Crippen LogP contribution in [0.5, 0.6) is 5.88 Å². The Hall–Kier alpha value is -2.87. The van der Waals surface area contributed by atoms with Gasteiger partial charge in [0, 0.05) is 37.5 Å². The second-order valence-electron chi connectivity index (χ2n) is 8.65. The summed E-state index contributed by atoms with van der Waals surface area (Å²) in [6, 6.07) is 8.55. The number of nitrogens with one attached hydrogen (secondary N) is 1. The lowest BCUT2D eigenvalue weighted by atomic mass is 9.96. The molecule has 8 heteroatoms. The van der Waals surface area contributed by atoms with Crippen LogP contribution in [0.1, 0.15) is 54.4 Å². The van der Waals surface area contributed by atoms with Crippen molar-refractivity contribution in [1.29, 1.82) is 10.5 Å². The number of aromatic nitrogens is 2. The molecular formula is C23H23ClN6O. The average molecular weight is 435 g/mol. The topological polar surface area (TPSA) is 97.9 Å². The Morgan fingerprint density at radius 2 is 2.10 bits per heavy atom. The number of rotatable bonds is 6. The molecule has 0 aromatic carbocycles. The second-order valence-corrected chi connectivity index (χ2v) is 9.01. The van der Waals surface area contributed by atoms with Gasteiger partial charge < -0.3 is 10.1 Å². The molecule has 5 rings (SSSR count). The molecule has 2 aromatic rings. The summed E-state index contributed by atoms with van der Waals surface area (Å²) in [4.78, 5) is 11.2. The summed E-state index contributed by atoms with van der Waals surface area (Å²) in [6.45, 7) is 2.19. The maximum atomic E-state index is 9.59. The van der Waals surface area contributed by atoms with Crippen LogP contribution < -0.4 is 10.1 Å². The Balaban J connectivity index is 1.34. The third-order valence-electron chi connectivity index (χ3n) is 6.40. The van der Waals surface area contributed by atoms with Crippen LogP contribution in [0.15, 0.2) is 18.3 Å². The van der Waals surface area contributed by atoms with E-state index >= 15 is 0 Å². The van der Waals surface area contributed by atoms with Crippen LogP contribution in [0.3, 0.4) is 0 Å². The van der Waals surface area contributed by atoms with E-state index in [1.54, 1.807) is 0 Å². The molecule has 1 N–H and O–H groups in total. The molecule has 0 saturated heterocycles. The number of anilines is 1. The van der Waals surface area contributed by atoms with E-state index in [1.165, 1.54) is 6.42 Å². The highest BCUT2D eigenvalue weighted by molar-refractivity contribution is 6.30. The van der Waals surface area contributed by atoms with E-state index in [4.69, 9.17) is 16.3 Å². The van der Waals surface area contributed by atoms with Crippen molar-refractivity contribution in [3.63, 3.8) is 0 Å². The highest BCUT2D eigenvalue weighted by Gasteiger charge is 2.44. The molecule has 31 heavy (non-hydrogen) atoms. The highest BCUT2D eigenvalue weighted by atomic mass is 35.5. The van der Waals surface area contributed by atoms with E-state index in [9.17, 15) is 10.5 Å². The molecule has 158 valence electrons. The van der Waals surface area contributed by atoms with Crippen molar-refractivity contribution in [2.24, 2.45) is 0 Å². The first-order valence-corrected chi connectivity index (χ1v) is 11.1. The molecule has 0 bridgehead atoms. The van der Waals surface area contributed by atoms with E-state index in [2.05, 4.69) is 38.4 Å². The lowest BCUT2D eigenvalue weighted by molar-refractivity contribution is 0.114. The maximum Gasteiger partial charge on any atom is 0.213 e. The van der Waals surface area contributed by atoms with Crippen LogP contribution in [0.4, 0.5) is 5.82 Å². The van der Waals surface area contributed by atoms with Gasteiger partial charge in [0.1, 0.15) is 28.7 Å². The molecule has 0 radical (unpaired) electrons. The number of pyridine rings is 2. The molecule has 3 heterocycles. The van der Waals surface area contributed by atoms with Gasteiger partial charge in [-0.25, -0.2) is 9.97 Å². The van der Waals surface area contributed by atoms with Crippen molar-refractivity contribution in [2.75, 3.05) is 11.9 Å². The summed E-state index contributed by atoms with van der Waals surface area (Å²) >= 11 is 6.30. The SMILES string of the molecule is N#Cc1c(Cl)nc(NC2(C#N)CC2)c2c1CCN(Cc1ccc(OC3CCC3)nc1)C2. The number of nitrogens with zero attached hydrogens (tertiary/aromatic N) is 5. The maximum absolute atomic E-state index is 9.59. The average Bonchev–Trinajstić information content (AvgIpc) is 3.52. The van der Waals surface area contributed by atoms with Crippen LogP contribution in [-0.4, -0.2) is 33.1 Å². The number of hydrogen-bond acceptors (Lipinski definition) is 7. The van der Waals surface area contributed by atoms with Crippen LogP contribution in [0.25, 0.3) is 0 Å². The number of hydrogen-bond donors (Lipinski definition) is 1. The monoisotopic (exact) mass is 434 g/mol. The fourth-order valence-electron chi connectivity index (χ4n) is 4.12. The molecule has 0 spiro atoms. The van der Waals surface area contributed by atoms with Crippen LogP contribution in [0, 0.1) is 22.7 Å². The van der Waals surface area contributed by atoms with Gasteiger partial charge in [0.2, 0.25) is 5.88 Å². The quantitative estimate of drug-likeness (QED) is 0.687. The molecular weight excluding hydrogens is 412 g/mol. The smallest absolute Gasteiger partial charge is 0.213 e. The molecule has 7 nitrogen and oxygen atoms in total. The van der Waals surface area contributed by atoms with Crippen molar-refractivity contribution in [3.8, 4) is 18.0 Å². The third kappa shape index (κ3) is 4.04. The first kappa shape index (κ1) is 20.1. The van der Waals surface area contributed by atoms with Crippen molar-refractivity contribution >= 4 is 17.4 Å². The van der Waals surface area contributed by atoms with Gasteiger partial charge in [0.05, 0.1) is 11.6 Å². The minimum atomic E-state index is -0.555. The Morgan fingerprint density at radius 1 is 1.26 bits per heavy atom. The van der Waals surface area contributed by atoms with Crippen LogP contribution in [-0.2, 0) is 19.5 Å². The summed E-state index contributed by atoms with van der Waals surface area (Å²) in [5.74, 6) is 1.32. The van der Waals surface area contributed by atoms with Crippen molar-refractivity contribution in [2.45, 2.75) is 63.3 Å². The molecule has 1 aliphatic heterocycles. The highest BCUT2D eigenvalue weighted by Crippen LogP contribution is 2.41. The van der Waals surface area contributed by atoms with E-state index in [-0.39, 0.29) is 5.15 Å². The van der Waals surface area contributed by atoms with Crippen molar-refractivity contribution < 1.29 is 4.74 Å². The van der Waals surface area contributed by atoms with Gasteiger partial charge in [-0.15, -0.1) is 0 Å². The van der Waals surface area contributed by atoms with Gasteiger partial charge in [-0.3, -0.25) is 4.90 Å². The summed E-state index contributed by atoms with van der Waals surface area (Å²) in [7, 11) is 0. The molecule has 0 amide bonds. The van der Waals surface area contributed by atoms with Crippen LogP contribution in [0.2, 0.25) is 5.15 Å². The van der Waals surface area contributed by atoms with E-state index in [1.807, 2.05) is 12.3 Å². The van der Waals surface area contributed by atoms with Gasteiger partial charge in [-0.05, 0) is 49.7 Å². The molecule has 2 aliphatic carbocycles. The molecule has 0 atom stereocenters. The fourth-order valence-corrected chi connectivity index (χ4v) is 4.36. The van der Waals surface area contributed by atoms with E-state index < -0.39 is 5.54 Å². The Bertz CT molecular complexity index is 1080. The Kier molecular flexibility index (Phi) is 5.17. The second kappa shape index (κ2) is 8.00. The fraction of sp³-hybridized carbons (Fsp3) is 0.478. The minimum Gasteiger partial charge on any atom is -0.474 e. The zero-order chi connectivity index (χ0) is 21.4. The van der Waals surface area contributed by atoms with E-state index in [0.29, 0.717) is 36.3 Å². The largest absolute Gasteiger partial charge is 0.474 e. The molecule has 3 aliphatic rings. The molecule has 2 saturated carbocycles. The lowest BCUT2D eigenvalue weighted by Gasteiger charge is -2.31. The van der Waals surface area contributed by atoms with Gasteiger partial charge >= 0.3 is 0 Å². The number of fused-ring (bicyclic) bond motifs is 1. The Morgan fingerprint density at radius 3 is 2.71 bits per heavy atom. The summed E-state index contributed by atoms with van der Waals surface area (Å²) in [5.41, 5.74) is 2.91. The number of ether oxygens (including phenoxy) is 1. The molecule has 0 unspecified atom stereocenters. The predicted octanol–water partition coefficient (Wildman–Crippen LogP) is 3.96. The van der Waals surface area contributed by atoms with Gasteiger partial charge in [-0.2, -0.15) is 10.5 Å². The summed E-state index contributed by atoms with van der Waals surface area (Å²) in [5, 5.41) is 22.6. The molecule has 2 fully saturated rings. The van der Waals surface area contributed by atoms with Gasteiger partial charge in [0.25, 0.3) is 0 Å². The number of nitriles is 2. The van der Waals surface area contributed by atoms with Gasteiger partial charge in [-0.1, -0.05) is 17.7 Å².